The predicted molar refractivity (Wildman–Crippen MR) is 100 cm³/mol. The number of hydrogen-bond donors (Lipinski definition) is 1. The number of aryl methyl sites for hydroxylation is 1. The van der Waals surface area contributed by atoms with Crippen LogP contribution in [0.5, 0.6) is 0 Å². The van der Waals surface area contributed by atoms with E-state index in [1.807, 2.05) is 23.9 Å². The van der Waals surface area contributed by atoms with Gasteiger partial charge in [-0.2, -0.15) is 0 Å². The molecule has 0 bridgehead atoms. The highest BCUT2D eigenvalue weighted by Crippen LogP contribution is 2.33. The second kappa shape index (κ2) is 6.87. The number of thiocarbonyl (C=S) groups is 2. The minimum Gasteiger partial charge on any atom is -0.395 e. The first-order valence-corrected chi connectivity index (χ1v) is 8.21. The zero-order chi connectivity index (χ0) is 15.6. The van der Waals surface area contributed by atoms with Crippen molar-refractivity contribution < 1.29 is 5.11 Å². The van der Waals surface area contributed by atoms with Crippen molar-refractivity contribution in [2.24, 2.45) is 0 Å². The third-order valence-electron chi connectivity index (χ3n) is 3.40. The fourth-order valence-corrected chi connectivity index (χ4v) is 3.60. The molecule has 0 aromatic heterocycles. The molecule has 0 aliphatic carbocycles. The highest BCUT2D eigenvalue weighted by Gasteiger charge is 2.25. The van der Waals surface area contributed by atoms with Crippen LogP contribution in [0.25, 0.3) is 6.08 Å². The lowest BCUT2D eigenvalue weighted by Gasteiger charge is -2.19. The van der Waals surface area contributed by atoms with Gasteiger partial charge in [0.1, 0.15) is 9.31 Å². The zero-order valence-corrected chi connectivity index (χ0v) is 14.7. The van der Waals surface area contributed by atoms with E-state index in [4.69, 9.17) is 29.5 Å². The van der Waals surface area contributed by atoms with E-state index in [1.54, 1.807) is 0 Å². The number of benzene rings is 1. The Labute approximate surface area is 140 Å². The summed E-state index contributed by atoms with van der Waals surface area (Å²) in [6.07, 6.45) is 2.09. The predicted octanol–water partition coefficient (Wildman–Crippen LogP) is 3.06. The van der Waals surface area contributed by atoms with Gasteiger partial charge in [0, 0.05) is 26.3 Å². The van der Waals surface area contributed by atoms with Crippen LogP contribution < -0.4 is 4.90 Å². The van der Waals surface area contributed by atoms with Gasteiger partial charge < -0.3 is 14.9 Å². The van der Waals surface area contributed by atoms with Crippen LogP contribution in [0, 0.1) is 6.92 Å². The topological polar surface area (TPSA) is 26.7 Å². The minimum atomic E-state index is 0.149. The first-order chi connectivity index (χ1) is 9.93. The molecular weight excluding hydrogens is 320 g/mol. The van der Waals surface area contributed by atoms with Crippen molar-refractivity contribution in [2.75, 3.05) is 32.1 Å². The minimum absolute atomic E-state index is 0.149. The monoisotopic (exact) mass is 338 g/mol. The normalized spacial score (nSPS) is 17.0. The molecule has 1 aromatic carbocycles. The summed E-state index contributed by atoms with van der Waals surface area (Å²) in [5.41, 5.74) is 3.41. The fraction of sp³-hybridized carbons (Fsp3) is 0.333. The maximum atomic E-state index is 9.01. The van der Waals surface area contributed by atoms with Gasteiger partial charge in [0.25, 0.3) is 0 Å². The number of aliphatic hydroxyl groups is 1. The zero-order valence-electron chi connectivity index (χ0n) is 12.3. The Morgan fingerprint density at radius 1 is 1.38 bits per heavy atom. The molecule has 6 heteroatoms. The quantitative estimate of drug-likeness (QED) is 0.670. The molecule has 0 saturated carbocycles. The molecule has 1 aliphatic rings. The van der Waals surface area contributed by atoms with Crippen molar-refractivity contribution >= 4 is 57.3 Å². The highest BCUT2D eigenvalue weighted by atomic mass is 32.2. The molecule has 1 aliphatic heterocycles. The van der Waals surface area contributed by atoms with Gasteiger partial charge in [-0.1, -0.05) is 42.3 Å². The molecule has 1 fully saturated rings. The Bertz CT molecular complexity index is 613. The van der Waals surface area contributed by atoms with Gasteiger partial charge in [-0.25, -0.2) is 0 Å². The Morgan fingerprint density at radius 3 is 2.62 bits per heavy atom. The van der Waals surface area contributed by atoms with Crippen LogP contribution in [0.1, 0.15) is 11.1 Å². The molecule has 1 heterocycles. The van der Waals surface area contributed by atoms with E-state index < -0.39 is 0 Å². The molecule has 112 valence electrons. The van der Waals surface area contributed by atoms with Gasteiger partial charge in [-0.05, 0) is 36.3 Å². The fourth-order valence-electron chi connectivity index (χ4n) is 2.03. The standard InChI is InChI=1S/C15H18N2OS3/c1-10-8-12(16(2)6-7-18)5-4-11(10)9-13-14(19)17(3)15(20)21-13/h4-5,8-9,18H,6-7H2,1-3H3/b13-9-. The second-order valence-electron chi connectivity index (χ2n) is 4.93. The SMILES string of the molecule is Cc1cc(N(C)CCO)ccc1/C=C1\SC(=S)N(C)C1=S. The first kappa shape index (κ1) is 16.4. The van der Waals surface area contributed by atoms with Crippen LogP contribution >= 0.6 is 36.2 Å². The molecule has 2 rings (SSSR count). The highest BCUT2D eigenvalue weighted by molar-refractivity contribution is 8.27. The van der Waals surface area contributed by atoms with Crippen molar-refractivity contribution in [2.45, 2.75) is 6.92 Å². The lowest BCUT2D eigenvalue weighted by molar-refractivity contribution is 0.304. The van der Waals surface area contributed by atoms with Crippen molar-refractivity contribution in [1.29, 1.82) is 0 Å². The van der Waals surface area contributed by atoms with E-state index in [1.165, 1.54) is 17.3 Å². The molecular formula is C15H18N2OS3. The van der Waals surface area contributed by atoms with Gasteiger partial charge in [0.2, 0.25) is 0 Å². The smallest absolute Gasteiger partial charge is 0.146 e. The number of thioether (sulfide) groups is 1. The molecule has 0 radical (unpaired) electrons. The maximum absolute atomic E-state index is 9.01. The summed E-state index contributed by atoms with van der Waals surface area (Å²) in [5, 5.41) is 9.01. The van der Waals surface area contributed by atoms with Crippen LogP contribution in [0.15, 0.2) is 23.1 Å². The molecule has 3 nitrogen and oxygen atoms in total. The van der Waals surface area contributed by atoms with Crippen molar-refractivity contribution in [1.82, 2.24) is 4.90 Å². The Hall–Kier alpha value is -0.950. The summed E-state index contributed by atoms with van der Waals surface area (Å²) in [6.45, 7) is 2.85. The second-order valence-corrected chi connectivity index (χ2v) is 6.99. The Kier molecular flexibility index (Phi) is 5.37. The molecule has 0 spiro atoms. The number of rotatable bonds is 4. The number of nitrogens with zero attached hydrogens (tertiary/aromatic N) is 2. The summed E-state index contributed by atoms with van der Waals surface area (Å²) in [7, 11) is 3.87. The van der Waals surface area contributed by atoms with E-state index in [2.05, 4.69) is 31.2 Å². The van der Waals surface area contributed by atoms with Crippen LogP contribution in [0.3, 0.4) is 0 Å². The third-order valence-corrected chi connectivity index (χ3v) is 5.53. The largest absolute Gasteiger partial charge is 0.395 e. The summed E-state index contributed by atoms with van der Waals surface area (Å²) >= 11 is 12.2. The van der Waals surface area contributed by atoms with Gasteiger partial charge in [-0.15, -0.1) is 0 Å². The first-order valence-electron chi connectivity index (χ1n) is 6.58. The Balaban J connectivity index is 2.26. The molecule has 1 saturated heterocycles. The molecule has 1 aromatic rings. The number of anilines is 1. The lowest BCUT2D eigenvalue weighted by atomic mass is 10.1. The number of aliphatic hydroxyl groups excluding tert-OH is 1. The number of likely N-dealkylation sites (N-methyl/N-ethyl adjacent to an activating group) is 2. The third kappa shape index (κ3) is 3.63. The van der Waals surface area contributed by atoms with Gasteiger partial charge in [-0.3, -0.25) is 0 Å². The Morgan fingerprint density at radius 2 is 2.10 bits per heavy atom. The van der Waals surface area contributed by atoms with Gasteiger partial charge in [0.05, 0.1) is 11.5 Å². The molecule has 0 unspecified atom stereocenters. The molecule has 0 amide bonds. The van der Waals surface area contributed by atoms with Crippen molar-refractivity contribution in [3.8, 4) is 0 Å². The summed E-state index contributed by atoms with van der Waals surface area (Å²) in [4.78, 5) is 5.70. The summed E-state index contributed by atoms with van der Waals surface area (Å²) in [6, 6.07) is 6.25. The van der Waals surface area contributed by atoms with Crippen LogP contribution in [0.4, 0.5) is 5.69 Å². The molecule has 21 heavy (non-hydrogen) atoms. The average Bonchev–Trinajstić information content (AvgIpc) is 2.69. The van der Waals surface area contributed by atoms with Gasteiger partial charge in [0.15, 0.2) is 0 Å². The molecule has 0 atom stereocenters. The van der Waals surface area contributed by atoms with E-state index in [0.29, 0.717) is 6.54 Å². The van der Waals surface area contributed by atoms with Gasteiger partial charge >= 0.3 is 0 Å². The van der Waals surface area contributed by atoms with Crippen LogP contribution in [0.2, 0.25) is 0 Å². The van der Waals surface area contributed by atoms with E-state index in [0.717, 1.165) is 25.5 Å². The van der Waals surface area contributed by atoms with E-state index in [9.17, 15) is 0 Å². The summed E-state index contributed by atoms with van der Waals surface area (Å²) in [5.74, 6) is 0. The molecule has 1 N–H and O–H groups in total. The maximum Gasteiger partial charge on any atom is 0.146 e. The van der Waals surface area contributed by atoms with Crippen molar-refractivity contribution in [3.63, 3.8) is 0 Å². The van der Waals surface area contributed by atoms with Crippen LogP contribution in [-0.4, -0.2) is 46.6 Å². The van der Waals surface area contributed by atoms with E-state index in [-0.39, 0.29) is 6.61 Å². The summed E-state index contributed by atoms with van der Waals surface area (Å²) < 4.78 is 0.795. The van der Waals surface area contributed by atoms with Crippen molar-refractivity contribution in [3.05, 3.63) is 34.2 Å². The lowest BCUT2D eigenvalue weighted by Crippen LogP contribution is -2.21. The number of hydrogen-bond acceptors (Lipinski definition) is 5. The van der Waals surface area contributed by atoms with Crippen LogP contribution in [-0.2, 0) is 0 Å². The average molecular weight is 339 g/mol. The van der Waals surface area contributed by atoms with E-state index >= 15 is 0 Å².